The van der Waals surface area contributed by atoms with Gasteiger partial charge in [0.15, 0.2) is 0 Å². The second-order valence-corrected chi connectivity index (χ2v) is 5.13. The van der Waals surface area contributed by atoms with Crippen molar-refractivity contribution in [3.05, 3.63) is 24.3 Å². The van der Waals surface area contributed by atoms with Crippen LogP contribution in [0.4, 0.5) is 0 Å². The van der Waals surface area contributed by atoms with Crippen LogP contribution in [0.25, 0.3) is 0 Å². The molecule has 0 aromatic heterocycles. The zero-order valence-corrected chi connectivity index (χ0v) is 10.9. The molecule has 0 amide bonds. The monoisotopic (exact) mass is 234 g/mol. The lowest BCUT2D eigenvalue weighted by atomic mass is 9.75. The molecule has 0 saturated carbocycles. The average Bonchev–Trinajstić information content (AvgIpc) is 2.26. The lowest BCUT2D eigenvalue weighted by molar-refractivity contribution is -0.0229. The van der Waals surface area contributed by atoms with Crippen LogP contribution in [0, 0.1) is 0 Å². The van der Waals surface area contributed by atoms with Crippen LogP contribution in [0.1, 0.15) is 27.2 Å². The van der Waals surface area contributed by atoms with Crippen LogP contribution in [0.5, 0.6) is 5.75 Å². The second-order valence-electron chi connectivity index (χ2n) is 5.13. The van der Waals surface area contributed by atoms with Gasteiger partial charge in [-0.1, -0.05) is 12.1 Å². The van der Waals surface area contributed by atoms with Crippen molar-refractivity contribution in [2.75, 3.05) is 7.11 Å². The molecular formula is C13H19BO3. The third-order valence-corrected chi connectivity index (χ3v) is 2.95. The molecular weight excluding hydrogens is 215 g/mol. The van der Waals surface area contributed by atoms with Gasteiger partial charge in [-0.15, -0.1) is 0 Å². The van der Waals surface area contributed by atoms with E-state index in [1.807, 2.05) is 24.3 Å². The van der Waals surface area contributed by atoms with Crippen molar-refractivity contribution >= 4 is 12.6 Å². The first kappa shape index (κ1) is 12.5. The molecule has 1 saturated heterocycles. The molecule has 0 bridgehead atoms. The fourth-order valence-electron chi connectivity index (χ4n) is 2.22. The van der Waals surface area contributed by atoms with Crippen LogP contribution in [-0.2, 0) is 9.31 Å². The Morgan fingerprint density at radius 3 is 2.47 bits per heavy atom. The van der Waals surface area contributed by atoms with Gasteiger partial charge in [0, 0.05) is 6.10 Å². The van der Waals surface area contributed by atoms with Crippen LogP contribution in [0.15, 0.2) is 24.3 Å². The molecule has 1 fully saturated rings. The van der Waals surface area contributed by atoms with E-state index in [-0.39, 0.29) is 18.8 Å². The maximum Gasteiger partial charge on any atom is 0.494 e. The van der Waals surface area contributed by atoms with Crippen molar-refractivity contribution < 1.29 is 14.0 Å². The standard InChI is InChI=1S/C13H19BO3/c1-10-9-13(2,3)17-14(16-10)11-5-7-12(15-4)8-6-11/h5-8,10H,9H2,1-4H3/t10-/m1/s1. The zero-order chi connectivity index (χ0) is 12.5. The first-order chi connectivity index (χ1) is 8.00. The molecule has 0 aliphatic carbocycles. The molecule has 1 aliphatic rings. The Morgan fingerprint density at radius 2 is 1.94 bits per heavy atom. The van der Waals surface area contributed by atoms with Gasteiger partial charge in [-0.25, -0.2) is 0 Å². The van der Waals surface area contributed by atoms with Gasteiger partial charge in [0.2, 0.25) is 0 Å². The van der Waals surface area contributed by atoms with Crippen LogP contribution in [-0.4, -0.2) is 25.9 Å². The molecule has 0 radical (unpaired) electrons. The predicted octanol–water partition coefficient (Wildman–Crippen LogP) is 1.99. The lowest BCUT2D eigenvalue weighted by Gasteiger charge is -2.38. The Balaban J connectivity index is 2.15. The highest BCUT2D eigenvalue weighted by Crippen LogP contribution is 2.25. The molecule has 1 heterocycles. The topological polar surface area (TPSA) is 27.7 Å². The minimum Gasteiger partial charge on any atom is -0.497 e. The highest BCUT2D eigenvalue weighted by molar-refractivity contribution is 6.61. The van der Waals surface area contributed by atoms with E-state index in [0.29, 0.717) is 0 Å². The highest BCUT2D eigenvalue weighted by Gasteiger charge is 2.37. The van der Waals surface area contributed by atoms with Gasteiger partial charge in [0.05, 0.1) is 12.7 Å². The van der Waals surface area contributed by atoms with E-state index in [4.69, 9.17) is 14.0 Å². The average molecular weight is 234 g/mol. The normalized spacial score (nSPS) is 23.5. The van der Waals surface area contributed by atoms with Crippen molar-refractivity contribution in [1.82, 2.24) is 0 Å². The van der Waals surface area contributed by atoms with E-state index in [9.17, 15) is 0 Å². The van der Waals surface area contributed by atoms with Crippen LogP contribution < -0.4 is 10.2 Å². The van der Waals surface area contributed by atoms with Crippen LogP contribution in [0.3, 0.4) is 0 Å². The summed E-state index contributed by atoms with van der Waals surface area (Å²) in [5, 5.41) is 0. The third kappa shape index (κ3) is 3.02. The number of benzene rings is 1. The summed E-state index contributed by atoms with van der Waals surface area (Å²) in [5.41, 5.74) is 0.896. The van der Waals surface area contributed by atoms with Gasteiger partial charge in [-0.3, -0.25) is 0 Å². The smallest absolute Gasteiger partial charge is 0.494 e. The number of methoxy groups -OCH3 is 1. The van der Waals surface area contributed by atoms with Gasteiger partial charge in [0.25, 0.3) is 0 Å². The van der Waals surface area contributed by atoms with E-state index < -0.39 is 0 Å². The van der Waals surface area contributed by atoms with Crippen molar-refractivity contribution in [3.63, 3.8) is 0 Å². The highest BCUT2D eigenvalue weighted by atomic mass is 16.6. The summed E-state index contributed by atoms with van der Waals surface area (Å²) < 4.78 is 16.9. The largest absolute Gasteiger partial charge is 0.497 e. The van der Waals surface area contributed by atoms with Gasteiger partial charge >= 0.3 is 7.12 Å². The van der Waals surface area contributed by atoms with E-state index in [1.54, 1.807) is 7.11 Å². The molecule has 92 valence electrons. The third-order valence-electron chi connectivity index (χ3n) is 2.95. The first-order valence-corrected chi connectivity index (χ1v) is 5.97. The Bertz CT molecular complexity index is 375. The molecule has 0 unspecified atom stereocenters. The molecule has 0 spiro atoms. The summed E-state index contributed by atoms with van der Waals surface area (Å²) in [5.74, 6) is 0.844. The summed E-state index contributed by atoms with van der Waals surface area (Å²) in [7, 11) is 1.38. The Morgan fingerprint density at radius 1 is 1.29 bits per heavy atom. The van der Waals surface area contributed by atoms with Gasteiger partial charge in [-0.2, -0.15) is 0 Å². The number of hydrogen-bond acceptors (Lipinski definition) is 3. The maximum atomic E-state index is 5.94. The van der Waals surface area contributed by atoms with Crippen LogP contribution in [0.2, 0.25) is 0 Å². The molecule has 17 heavy (non-hydrogen) atoms. The first-order valence-electron chi connectivity index (χ1n) is 5.97. The number of rotatable bonds is 2. The molecule has 1 aromatic rings. The van der Waals surface area contributed by atoms with Crippen molar-refractivity contribution in [2.24, 2.45) is 0 Å². The fourth-order valence-corrected chi connectivity index (χ4v) is 2.22. The second kappa shape index (κ2) is 4.71. The van der Waals surface area contributed by atoms with E-state index in [1.165, 1.54) is 0 Å². The van der Waals surface area contributed by atoms with E-state index in [2.05, 4.69) is 20.8 Å². The lowest BCUT2D eigenvalue weighted by Crippen LogP contribution is -2.51. The van der Waals surface area contributed by atoms with Crippen molar-refractivity contribution in [1.29, 1.82) is 0 Å². The molecule has 1 aromatic carbocycles. The SMILES string of the molecule is COc1ccc(B2O[C@H](C)CC(C)(C)O2)cc1. The molecule has 2 rings (SSSR count). The quantitative estimate of drug-likeness (QED) is 0.732. The van der Waals surface area contributed by atoms with E-state index in [0.717, 1.165) is 17.6 Å². The number of hydrogen-bond donors (Lipinski definition) is 0. The Kier molecular flexibility index (Phi) is 3.45. The van der Waals surface area contributed by atoms with Gasteiger partial charge < -0.3 is 14.0 Å². The summed E-state index contributed by atoms with van der Waals surface area (Å²) in [6, 6.07) is 7.82. The molecule has 3 nitrogen and oxygen atoms in total. The summed E-state index contributed by atoms with van der Waals surface area (Å²) in [6.45, 7) is 6.28. The summed E-state index contributed by atoms with van der Waals surface area (Å²) in [4.78, 5) is 0. The molecule has 4 heteroatoms. The molecule has 1 aliphatic heterocycles. The minimum atomic E-state index is -0.278. The maximum absolute atomic E-state index is 5.94. The van der Waals surface area contributed by atoms with Crippen molar-refractivity contribution in [3.8, 4) is 5.75 Å². The fraction of sp³-hybridized carbons (Fsp3) is 0.538. The zero-order valence-electron chi connectivity index (χ0n) is 10.9. The van der Waals surface area contributed by atoms with E-state index >= 15 is 0 Å². The predicted molar refractivity (Wildman–Crippen MR) is 68.7 cm³/mol. The molecule has 0 N–H and O–H groups in total. The van der Waals surface area contributed by atoms with Crippen molar-refractivity contribution in [2.45, 2.75) is 38.9 Å². The molecule has 1 atom stereocenters. The van der Waals surface area contributed by atoms with Crippen LogP contribution >= 0.6 is 0 Å². The summed E-state index contributed by atoms with van der Waals surface area (Å²) in [6.07, 6.45) is 1.13. The Hall–Kier alpha value is -0.995. The van der Waals surface area contributed by atoms with Gasteiger partial charge in [0.1, 0.15) is 5.75 Å². The minimum absolute atomic E-state index is 0.137. The van der Waals surface area contributed by atoms with Gasteiger partial charge in [-0.05, 0) is 44.8 Å². The Labute approximate surface area is 103 Å². The number of ether oxygens (including phenoxy) is 1. The summed E-state index contributed by atoms with van der Waals surface area (Å²) >= 11 is 0.